The van der Waals surface area contributed by atoms with Crippen LogP contribution in [0, 0.1) is 0 Å². The molecule has 0 radical (unpaired) electrons. The first kappa shape index (κ1) is 20.4. The third-order valence-electron chi connectivity index (χ3n) is 6.07. The molecular weight excluding hydrogens is 398 g/mol. The van der Waals surface area contributed by atoms with Crippen LogP contribution >= 0.6 is 0 Å². The zero-order chi connectivity index (χ0) is 21.9. The molecule has 1 saturated heterocycles. The summed E-state index contributed by atoms with van der Waals surface area (Å²) in [6.45, 7) is 4.93. The fourth-order valence-corrected chi connectivity index (χ4v) is 4.34. The number of imidazole rings is 1. The molecule has 1 aliphatic heterocycles. The molecule has 6 nitrogen and oxygen atoms in total. The first-order valence-electron chi connectivity index (χ1n) is 11.1. The van der Waals surface area contributed by atoms with Gasteiger partial charge < -0.3 is 15.5 Å². The van der Waals surface area contributed by atoms with E-state index in [9.17, 15) is 4.79 Å². The van der Waals surface area contributed by atoms with Gasteiger partial charge in [0.2, 0.25) is 5.91 Å². The number of pyridine rings is 1. The highest BCUT2D eigenvalue weighted by atomic mass is 16.1. The lowest BCUT2D eigenvalue weighted by Crippen LogP contribution is -2.28. The second-order valence-electron chi connectivity index (χ2n) is 8.24. The number of primary amides is 1. The third-order valence-corrected chi connectivity index (χ3v) is 6.07. The Bertz CT molecular complexity index is 1220. The van der Waals surface area contributed by atoms with Gasteiger partial charge in [-0.05, 0) is 54.9 Å². The first-order valence-corrected chi connectivity index (χ1v) is 11.1. The van der Waals surface area contributed by atoms with Crippen molar-refractivity contribution < 1.29 is 4.79 Å². The molecule has 6 heteroatoms. The molecule has 1 fully saturated rings. The molecule has 3 N–H and O–H groups in total. The summed E-state index contributed by atoms with van der Waals surface area (Å²) in [5, 5.41) is 3.48. The van der Waals surface area contributed by atoms with Crippen molar-refractivity contribution in [2.75, 3.05) is 26.2 Å². The smallest absolute Gasteiger partial charge is 0.248 e. The number of benzene rings is 2. The van der Waals surface area contributed by atoms with Gasteiger partial charge in [-0.2, -0.15) is 0 Å². The largest absolute Gasteiger partial charge is 0.366 e. The number of nitrogens with one attached hydrogen (secondary N) is 1. The van der Waals surface area contributed by atoms with E-state index in [1.54, 1.807) is 12.1 Å². The van der Waals surface area contributed by atoms with Gasteiger partial charge in [0.15, 0.2) is 0 Å². The second-order valence-corrected chi connectivity index (χ2v) is 8.24. The maximum atomic E-state index is 11.5. The Hall–Kier alpha value is -3.48. The van der Waals surface area contributed by atoms with Crippen LogP contribution in [0.25, 0.3) is 28.0 Å². The van der Waals surface area contributed by atoms with Gasteiger partial charge in [0.25, 0.3) is 0 Å². The summed E-state index contributed by atoms with van der Waals surface area (Å²) in [5.41, 5.74) is 12.3. The van der Waals surface area contributed by atoms with Crippen molar-refractivity contribution in [2.45, 2.75) is 13.0 Å². The quantitative estimate of drug-likeness (QED) is 0.513. The number of carbonyl (C=O) groups is 1. The number of nitrogens with zero attached hydrogens (tertiary/aromatic N) is 3. The van der Waals surface area contributed by atoms with E-state index in [1.807, 2.05) is 18.2 Å². The van der Waals surface area contributed by atoms with Gasteiger partial charge in [-0.25, -0.2) is 4.98 Å². The Morgan fingerprint density at radius 2 is 1.69 bits per heavy atom. The fourth-order valence-electron chi connectivity index (χ4n) is 4.34. The molecule has 5 rings (SSSR count). The molecule has 3 heterocycles. The van der Waals surface area contributed by atoms with Crippen molar-refractivity contribution in [3.8, 4) is 22.4 Å². The van der Waals surface area contributed by atoms with Crippen molar-refractivity contribution in [3.63, 3.8) is 0 Å². The van der Waals surface area contributed by atoms with E-state index >= 15 is 0 Å². The highest BCUT2D eigenvalue weighted by molar-refractivity contribution is 5.93. The fraction of sp³-hybridized carbons (Fsp3) is 0.231. The van der Waals surface area contributed by atoms with E-state index in [0.29, 0.717) is 5.56 Å². The van der Waals surface area contributed by atoms with Crippen LogP contribution in [0.2, 0.25) is 0 Å². The van der Waals surface area contributed by atoms with Crippen LogP contribution in [-0.2, 0) is 6.54 Å². The molecule has 0 bridgehead atoms. The Morgan fingerprint density at radius 3 is 2.47 bits per heavy atom. The van der Waals surface area contributed by atoms with Crippen LogP contribution in [0.15, 0.2) is 72.9 Å². The van der Waals surface area contributed by atoms with Gasteiger partial charge in [-0.1, -0.05) is 42.5 Å². The summed E-state index contributed by atoms with van der Waals surface area (Å²) in [4.78, 5) is 19.0. The predicted octanol–water partition coefficient (Wildman–Crippen LogP) is 3.56. The predicted molar refractivity (Wildman–Crippen MR) is 127 cm³/mol. The molecule has 0 atom stereocenters. The molecule has 32 heavy (non-hydrogen) atoms. The zero-order valence-corrected chi connectivity index (χ0v) is 18.0. The maximum absolute atomic E-state index is 11.5. The van der Waals surface area contributed by atoms with E-state index in [2.05, 4.69) is 57.2 Å². The van der Waals surface area contributed by atoms with Crippen molar-refractivity contribution in [2.24, 2.45) is 5.73 Å². The molecule has 4 aromatic rings. The van der Waals surface area contributed by atoms with Gasteiger partial charge in [0, 0.05) is 37.0 Å². The average Bonchev–Trinajstić information content (AvgIpc) is 2.99. The summed E-state index contributed by atoms with van der Waals surface area (Å²) >= 11 is 0. The molecule has 1 aliphatic rings. The van der Waals surface area contributed by atoms with Gasteiger partial charge in [0.1, 0.15) is 5.65 Å². The van der Waals surface area contributed by atoms with Gasteiger partial charge in [0.05, 0.1) is 11.4 Å². The van der Waals surface area contributed by atoms with Crippen molar-refractivity contribution in [3.05, 3.63) is 84.2 Å². The van der Waals surface area contributed by atoms with Crippen molar-refractivity contribution >= 4 is 11.6 Å². The SMILES string of the molecule is NC(=O)c1ccc(-c2nc3ccc(-c4ccccc4)cn3c2CN2CCCNCC2)cc1. The molecular formula is C26H27N5O. The third kappa shape index (κ3) is 4.15. The van der Waals surface area contributed by atoms with Crippen LogP contribution in [0.3, 0.4) is 0 Å². The monoisotopic (exact) mass is 425 g/mol. The lowest BCUT2D eigenvalue weighted by molar-refractivity contribution is 0.100. The number of carbonyl (C=O) groups excluding carboxylic acids is 1. The number of hydrogen-bond donors (Lipinski definition) is 2. The van der Waals surface area contributed by atoms with Crippen molar-refractivity contribution in [1.82, 2.24) is 19.6 Å². The van der Waals surface area contributed by atoms with E-state index in [1.165, 1.54) is 5.56 Å². The lowest BCUT2D eigenvalue weighted by atomic mass is 10.1. The van der Waals surface area contributed by atoms with E-state index < -0.39 is 5.91 Å². The molecule has 0 unspecified atom stereocenters. The first-order chi connectivity index (χ1) is 15.7. The highest BCUT2D eigenvalue weighted by Crippen LogP contribution is 2.29. The van der Waals surface area contributed by atoms with Crippen LogP contribution in [0.5, 0.6) is 0 Å². The summed E-state index contributed by atoms with van der Waals surface area (Å²) in [5.74, 6) is -0.420. The minimum absolute atomic E-state index is 0.420. The Morgan fingerprint density at radius 1 is 0.906 bits per heavy atom. The molecule has 0 saturated carbocycles. The zero-order valence-electron chi connectivity index (χ0n) is 18.0. The summed E-state index contributed by atoms with van der Waals surface area (Å²) in [7, 11) is 0. The molecule has 2 aromatic heterocycles. The van der Waals surface area contributed by atoms with E-state index in [-0.39, 0.29) is 0 Å². The molecule has 1 amide bonds. The maximum Gasteiger partial charge on any atom is 0.248 e. The van der Waals surface area contributed by atoms with Crippen LogP contribution in [0.1, 0.15) is 22.5 Å². The van der Waals surface area contributed by atoms with Crippen LogP contribution in [-0.4, -0.2) is 46.4 Å². The minimum Gasteiger partial charge on any atom is -0.366 e. The number of fused-ring (bicyclic) bond motifs is 1. The molecule has 0 spiro atoms. The van der Waals surface area contributed by atoms with Crippen LogP contribution < -0.4 is 11.1 Å². The van der Waals surface area contributed by atoms with E-state index in [0.717, 1.165) is 67.3 Å². The van der Waals surface area contributed by atoms with Gasteiger partial charge in [-0.3, -0.25) is 9.69 Å². The Balaban J connectivity index is 1.61. The standard InChI is InChI=1S/C26H27N5O/c27-26(32)21-9-7-20(8-10-21)25-23(18-30-15-4-13-28-14-16-30)31-17-22(11-12-24(31)29-25)19-5-2-1-3-6-19/h1-3,5-12,17,28H,4,13-16,18H2,(H2,27,32). The second kappa shape index (κ2) is 8.94. The van der Waals surface area contributed by atoms with Crippen LogP contribution in [0.4, 0.5) is 0 Å². The molecule has 0 aliphatic carbocycles. The Labute approximate surface area is 187 Å². The molecule has 162 valence electrons. The molecule has 2 aromatic carbocycles. The normalized spacial score (nSPS) is 15.0. The number of hydrogen-bond acceptors (Lipinski definition) is 4. The average molecular weight is 426 g/mol. The van der Waals surface area contributed by atoms with Crippen molar-refractivity contribution in [1.29, 1.82) is 0 Å². The lowest BCUT2D eigenvalue weighted by Gasteiger charge is -2.20. The summed E-state index contributed by atoms with van der Waals surface area (Å²) in [6, 6.07) is 22.0. The van der Waals surface area contributed by atoms with Gasteiger partial charge >= 0.3 is 0 Å². The summed E-state index contributed by atoms with van der Waals surface area (Å²) < 4.78 is 2.22. The number of aromatic nitrogens is 2. The minimum atomic E-state index is -0.420. The van der Waals surface area contributed by atoms with Gasteiger partial charge in [-0.15, -0.1) is 0 Å². The number of rotatable bonds is 5. The number of amides is 1. The Kier molecular flexibility index (Phi) is 5.71. The number of nitrogens with two attached hydrogens (primary N) is 1. The highest BCUT2D eigenvalue weighted by Gasteiger charge is 2.19. The summed E-state index contributed by atoms with van der Waals surface area (Å²) in [6.07, 6.45) is 3.32. The van der Waals surface area contributed by atoms with E-state index in [4.69, 9.17) is 10.7 Å². The topological polar surface area (TPSA) is 75.7 Å².